The second kappa shape index (κ2) is 8.52. The fraction of sp³-hybridized carbons (Fsp3) is 0.444. The number of carbonyl (C=O) groups excluding carboxylic acids is 1. The Hall–Kier alpha value is -2.11. The second-order valence-electron chi connectivity index (χ2n) is 6.18. The Balaban J connectivity index is 1.72. The molecule has 2 heterocycles. The molecule has 1 unspecified atom stereocenters. The molecule has 0 radical (unpaired) electrons. The minimum Gasteiger partial charge on any atom is -0.316 e. The van der Waals surface area contributed by atoms with Gasteiger partial charge in [0.15, 0.2) is 5.16 Å². The van der Waals surface area contributed by atoms with Crippen LogP contribution in [0.5, 0.6) is 0 Å². The van der Waals surface area contributed by atoms with E-state index < -0.39 is 0 Å². The highest BCUT2D eigenvalue weighted by Gasteiger charge is 2.23. The van der Waals surface area contributed by atoms with Crippen LogP contribution in [0.15, 0.2) is 24.1 Å². The van der Waals surface area contributed by atoms with E-state index in [1.807, 2.05) is 11.5 Å². The molecule has 1 amide bonds. The van der Waals surface area contributed by atoms with E-state index >= 15 is 0 Å². The van der Waals surface area contributed by atoms with E-state index in [0.717, 1.165) is 31.2 Å². The van der Waals surface area contributed by atoms with Gasteiger partial charge in [0.25, 0.3) is 0 Å². The van der Waals surface area contributed by atoms with Crippen molar-refractivity contribution in [2.24, 2.45) is 0 Å². The van der Waals surface area contributed by atoms with Crippen LogP contribution in [0.25, 0.3) is 0 Å². The molecule has 2 aromatic rings. The minimum atomic E-state index is -0.351. The topological polar surface area (TPSA) is 83.6 Å². The van der Waals surface area contributed by atoms with Gasteiger partial charge < -0.3 is 9.88 Å². The summed E-state index contributed by atoms with van der Waals surface area (Å²) in [6, 6.07) is 2.30. The summed E-state index contributed by atoms with van der Waals surface area (Å²) in [5.74, 6) is -0.129. The van der Waals surface area contributed by atoms with E-state index in [9.17, 15) is 10.1 Å². The molecule has 0 saturated heterocycles. The predicted molar refractivity (Wildman–Crippen MR) is 104 cm³/mol. The van der Waals surface area contributed by atoms with E-state index in [-0.39, 0.29) is 11.2 Å². The Labute approximate surface area is 161 Å². The summed E-state index contributed by atoms with van der Waals surface area (Å²) in [6.45, 7) is 6.14. The number of amides is 1. The van der Waals surface area contributed by atoms with Gasteiger partial charge in [-0.05, 0) is 38.2 Å². The molecule has 6 nitrogen and oxygen atoms in total. The summed E-state index contributed by atoms with van der Waals surface area (Å²) in [5.41, 5.74) is 1.78. The number of anilines is 1. The minimum absolute atomic E-state index is 0.129. The Morgan fingerprint density at radius 3 is 3.12 bits per heavy atom. The summed E-state index contributed by atoms with van der Waals surface area (Å²) in [5, 5.41) is 21.5. The third kappa shape index (κ3) is 4.00. The Bertz CT molecular complexity index is 848. The van der Waals surface area contributed by atoms with Crippen molar-refractivity contribution >= 4 is 34.0 Å². The van der Waals surface area contributed by atoms with E-state index in [0.29, 0.717) is 22.3 Å². The lowest BCUT2D eigenvalue weighted by Crippen LogP contribution is -2.22. The molecule has 0 aliphatic heterocycles. The number of nitrogens with zero attached hydrogens (tertiary/aromatic N) is 4. The van der Waals surface area contributed by atoms with Crippen molar-refractivity contribution in [2.75, 3.05) is 5.32 Å². The molecule has 1 atom stereocenters. The van der Waals surface area contributed by atoms with Gasteiger partial charge >= 0.3 is 0 Å². The number of fused-ring (bicyclic) bond motifs is 1. The second-order valence-corrected chi connectivity index (χ2v) is 8.60. The van der Waals surface area contributed by atoms with Crippen LogP contribution in [0.2, 0.25) is 0 Å². The van der Waals surface area contributed by atoms with Gasteiger partial charge in [0.2, 0.25) is 5.91 Å². The Morgan fingerprint density at radius 1 is 1.54 bits per heavy atom. The molecule has 0 saturated carbocycles. The molecule has 0 bridgehead atoms. The predicted octanol–water partition coefficient (Wildman–Crippen LogP) is 3.79. The van der Waals surface area contributed by atoms with Crippen LogP contribution in [-0.2, 0) is 24.2 Å². The van der Waals surface area contributed by atoms with E-state index in [4.69, 9.17) is 0 Å². The SMILES string of the molecule is C=CCn1cnnc1SC(C)C(=O)Nc1sc2c(c1C#N)CCCCC2. The van der Waals surface area contributed by atoms with Crippen LogP contribution in [0, 0.1) is 11.3 Å². The zero-order valence-electron chi connectivity index (χ0n) is 14.7. The van der Waals surface area contributed by atoms with E-state index in [1.54, 1.807) is 23.7 Å². The number of aromatic nitrogens is 3. The number of nitrogens with one attached hydrogen (secondary N) is 1. The maximum absolute atomic E-state index is 12.6. The first kappa shape index (κ1) is 18.7. The largest absolute Gasteiger partial charge is 0.316 e. The lowest BCUT2D eigenvalue weighted by Gasteiger charge is -2.11. The van der Waals surface area contributed by atoms with E-state index in [2.05, 4.69) is 28.2 Å². The molecule has 8 heteroatoms. The third-order valence-electron chi connectivity index (χ3n) is 4.33. The van der Waals surface area contributed by atoms with Crippen molar-refractivity contribution in [1.82, 2.24) is 14.8 Å². The standard InChI is InChI=1S/C18H21N5OS2/c1-3-9-23-11-20-22-18(23)25-12(2)16(24)21-17-14(10-19)13-7-5-4-6-8-15(13)26-17/h3,11-12H,1,4-9H2,2H3,(H,21,24). The number of rotatable bonds is 6. The number of hydrogen-bond donors (Lipinski definition) is 1. The summed E-state index contributed by atoms with van der Waals surface area (Å²) in [4.78, 5) is 13.9. The molecule has 1 aliphatic rings. The van der Waals surface area contributed by atoms with Crippen LogP contribution in [-0.4, -0.2) is 25.9 Å². The monoisotopic (exact) mass is 387 g/mol. The molecule has 136 valence electrons. The summed E-state index contributed by atoms with van der Waals surface area (Å²) >= 11 is 2.90. The van der Waals surface area contributed by atoms with Crippen LogP contribution in [0.3, 0.4) is 0 Å². The van der Waals surface area contributed by atoms with Gasteiger partial charge in [0.05, 0.1) is 10.8 Å². The quantitative estimate of drug-likeness (QED) is 0.463. The lowest BCUT2D eigenvalue weighted by molar-refractivity contribution is -0.115. The number of nitriles is 1. The van der Waals surface area contributed by atoms with E-state index in [1.165, 1.54) is 23.1 Å². The molecule has 0 fully saturated rings. The van der Waals surface area contributed by atoms with Gasteiger partial charge in [-0.2, -0.15) is 5.26 Å². The molecular weight excluding hydrogens is 366 g/mol. The van der Waals surface area contributed by atoms with Gasteiger partial charge in [-0.3, -0.25) is 4.79 Å². The molecule has 2 aromatic heterocycles. The summed E-state index contributed by atoms with van der Waals surface area (Å²) < 4.78 is 1.84. The number of allylic oxidation sites excluding steroid dienone is 1. The zero-order valence-corrected chi connectivity index (χ0v) is 16.3. The normalized spacial score (nSPS) is 14.8. The van der Waals surface area contributed by atoms with Gasteiger partial charge in [-0.15, -0.1) is 28.1 Å². The fourth-order valence-corrected chi connectivity index (χ4v) is 5.05. The first-order chi connectivity index (χ1) is 12.6. The zero-order chi connectivity index (χ0) is 18.5. The van der Waals surface area contributed by atoms with Gasteiger partial charge in [-0.25, -0.2) is 0 Å². The number of thioether (sulfide) groups is 1. The first-order valence-electron chi connectivity index (χ1n) is 8.65. The van der Waals surface area contributed by atoms with Gasteiger partial charge in [-0.1, -0.05) is 24.3 Å². The summed E-state index contributed by atoms with van der Waals surface area (Å²) in [7, 11) is 0. The summed E-state index contributed by atoms with van der Waals surface area (Å²) in [6.07, 6.45) is 8.77. The maximum atomic E-state index is 12.6. The van der Waals surface area contributed by atoms with Crippen LogP contribution >= 0.6 is 23.1 Å². The molecular formula is C18H21N5OS2. The molecule has 0 aromatic carbocycles. The molecule has 0 spiro atoms. The molecule has 3 rings (SSSR count). The maximum Gasteiger partial charge on any atom is 0.238 e. The highest BCUT2D eigenvalue weighted by Crippen LogP contribution is 2.37. The van der Waals surface area contributed by atoms with Crippen molar-refractivity contribution in [3.63, 3.8) is 0 Å². The molecule has 1 aliphatic carbocycles. The first-order valence-corrected chi connectivity index (χ1v) is 10.3. The highest BCUT2D eigenvalue weighted by molar-refractivity contribution is 8.00. The average molecular weight is 388 g/mol. The number of aryl methyl sites for hydroxylation is 1. The van der Waals surface area contributed by atoms with Crippen LogP contribution in [0.4, 0.5) is 5.00 Å². The number of carbonyl (C=O) groups is 1. The van der Waals surface area contributed by atoms with Crippen molar-refractivity contribution in [3.05, 3.63) is 35.0 Å². The number of thiophene rings is 1. The average Bonchev–Trinajstić information content (AvgIpc) is 3.11. The highest BCUT2D eigenvalue weighted by atomic mass is 32.2. The Morgan fingerprint density at radius 2 is 2.35 bits per heavy atom. The van der Waals surface area contributed by atoms with Crippen molar-refractivity contribution in [3.8, 4) is 6.07 Å². The third-order valence-corrected chi connectivity index (χ3v) is 6.63. The Kier molecular flexibility index (Phi) is 6.12. The van der Waals surface area contributed by atoms with Gasteiger partial charge in [0.1, 0.15) is 17.4 Å². The van der Waals surface area contributed by atoms with Crippen molar-refractivity contribution in [1.29, 1.82) is 5.26 Å². The van der Waals surface area contributed by atoms with Crippen LogP contribution in [0.1, 0.15) is 42.2 Å². The van der Waals surface area contributed by atoms with Crippen LogP contribution < -0.4 is 5.32 Å². The van der Waals surface area contributed by atoms with Crippen molar-refractivity contribution < 1.29 is 4.79 Å². The molecule has 26 heavy (non-hydrogen) atoms. The van der Waals surface area contributed by atoms with Gasteiger partial charge in [0, 0.05) is 11.4 Å². The fourth-order valence-electron chi connectivity index (χ4n) is 2.97. The smallest absolute Gasteiger partial charge is 0.238 e. The number of hydrogen-bond acceptors (Lipinski definition) is 6. The molecule has 1 N–H and O–H groups in total. The lowest BCUT2D eigenvalue weighted by atomic mass is 10.1. The van der Waals surface area contributed by atoms with Crippen molar-refractivity contribution in [2.45, 2.75) is 56.0 Å².